The standard InChI is InChI=1S/C22H17N5O2S2/c28-27(29)17-12-10-16(11-13-17)21-25-26(20-9-4-14-30-20)22(31-21)24-23-19-8-3-6-15-5-1-2-7-18(15)19/h1-2,4-5,7,9-14H,3,6,8H2/b23-19+,24-22+. The number of non-ortho nitro benzene ring substituents is 1. The molecule has 4 aromatic rings. The van der Waals surface area contributed by atoms with E-state index in [1.165, 1.54) is 34.6 Å². The molecule has 2 aromatic carbocycles. The third kappa shape index (κ3) is 3.97. The molecule has 0 saturated carbocycles. The minimum atomic E-state index is -0.406. The maximum atomic E-state index is 10.9. The lowest BCUT2D eigenvalue weighted by molar-refractivity contribution is -0.384. The minimum Gasteiger partial charge on any atom is -0.258 e. The van der Waals surface area contributed by atoms with Gasteiger partial charge >= 0.3 is 0 Å². The van der Waals surface area contributed by atoms with E-state index in [-0.39, 0.29) is 5.69 Å². The molecule has 0 spiro atoms. The molecule has 1 aliphatic carbocycles. The zero-order chi connectivity index (χ0) is 21.2. The molecule has 0 fully saturated rings. The van der Waals surface area contributed by atoms with Crippen LogP contribution in [0.5, 0.6) is 0 Å². The van der Waals surface area contributed by atoms with Crippen molar-refractivity contribution >= 4 is 34.1 Å². The van der Waals surface area contributed by atoms with Crippen molar-refractivity contribution in [2.45, 2.75) is 19.3 Å². The fraction of sp³-hybridized carbons (Fsp3) is 0.136. The number of rotatable bonds is 4. The third-order valence-electron chi connectivity index (χ3n) is 5.04. The molecular weight excluding hydrogens is 430 g/mol. The Labute approximate surface area is 185 Å². The van der Waals surface area contributed by atoms with E-state index in [9.17, 15) is 10.1 Å². The van der Waals surface area contributed by atoms with Crippen LogP contribution in [0.3, 0.4) is 0 Å². The lowest BCUT2D eigenvalue weighted by Crippen LogP contribution is -2.14. The zero-order valence-corrected chi connectivity index (χ0v) is 18.0. The summed E-state index contributed by atoms with van der Waals surface area (Å²) in [5, 5.41) is 28.5. The van der Waals surface area contributed by atoms with Crippen molar-refractivity contribution in [3.8, 4) is 15.6 Å². The fourth-order valence-corrected chi connectivity index (χ4v) is 5.13. The van der Waals surface area contributed by atoms with Gasteiger partial charge in [0.05, 0.1) is 10.6 Å². The van der Waals surface area contributed by atoms with Crippen LogP contribution in [0.15, 0.2) is 76.2 Å². The van der Waals surface area contributed by atoms with Crippen LogP contribution in [0.25, 0.3) is 15.6 Å². The van der Waals surface area contributed by atoms with Crippen molar-refractivity contribution in [3.63, 3.8) is 0 Å². The molecule has 7 nitrogen and oxygen atoms in total. The Balaban J connectivity index is 1.59. The molecule has 0 saturated heterocycles. The summed E-state index contributed by atoms with van der Waals surface area (Å²) in [6.07, 6.45) is 3.02. The van der Waals surface area contributed by atoms with E-state index >= 15 is 0 Å². The fourth-order valence-electron chi connectivity index (χ4n) is 3.53. The molecule has 5 rings (SSSR count). The summed E-state index contributed by atoms with van der Waals surface area (Å²) < 4.78 is 1.78. The number of hydrogen-bond acceptors (Lipinski definition) is 7. The summed E-state index contributed by atoms with van der Waals surface area (Å²) in [6.45, 7) is 0. The van der Waals surface area contributed by atoms with Crippen LogP contribution in [-0.4, -0.2) is 20.4 Å². The zero-order valence-electron chi connectivity index (χ0n) is 16.3. The molecule has 0 N–H and O–H groups in total. The van der Waals surface area contributed by atoms with E-state index in [1.54, 1.807) is 28.2 Å². The Hall–Kier alpha value is -3.43. The van der Waals surface area contributed by atoms with E-state index in [1.807, 2.05) is 23.6 Å². The van der Waals surface area contributed by atoms with Gasteiger partial charge in [-0.2, -0.15) is 14.9 Å². The number of aromatic nitrogens is 2. The lowest BCUT2D eigenvalue weighted by atomic mass is 9.90. The van der Waals surface area contributed by atoms with Crippen LogP contribution < -0.4 is 4.80 Å². The van der Waals surface area contributed by atoms with E-state index in [2.05, 4.69) is 28.4 Å². The van der Waals surface area contributed by atoms with Crippen molar-refractivity contribution in [2.75, 3.05) is 0 Å². The monoisotopic (exact) mass is 447 g/mol. The highest BCUT2D eigenvalue weighted by atomic mass is 32.1. The van der Waals surface area contributed by atoms with E-state index < -0.39 is 4.92 Å². The van der Waals surface area contributed by atoms with Gasteiger partial charge in [0.25, 0.3) is 5.69 Å². The number of nitro groups is 1. The SMILES string of the molecule is O=[N+]([O-])c1ccc(-c2nn(-c3cccs3)/c(=N\N=C3/CCCc4ccccc43)s2)cc1. The predicted octanol–water partition coefficient (Wildman–Crippen LogP) is 5.21. The lowest BCUT2D eigenvalue weighted by Gasteiger charge is -2.16. The Morgan fingerprint density at radius 1 is 1.00 bits per heavy atom. The second-order valence-corrected chi connectivity index (χ2v) is 8.90. The summed E-state index contributed by atoms with van der Waals surface area (Å²) in [6, 6.07) is 18.7. The van der Waals surface area contributed by atoms with Crippen LogP contribution in [0.4, 0.5) is 5.69 Å². The third-order valence-corrected chi connectivity index (χ3v) is 6.84. The molecule has 0 aliphatic heterocycles. The number of hydrogen-bond donors (Lipinski definition) is 0. The second kappa shape index (κ2) is 8.37. The van der Waals surface area contributed by atoms with Crippen LogP contribution in [0.1, 0.15) is 24.0 Å². The molecule has 9 heteroatoms. The van der Waals surface area contributed by atoms with Crippen molar-refractivity contribution in [1.29, 1.82) is 0 Å². The highest BCUT2D eigenvalue weighted by Gasteiger charge is 2.15. The van der Waals surface area contributed by atoms with Gasteiger partial charge in [-0.05, 0) is 54.5 Å². The van der Waals surface area contributed by atoms with Gasteiger partial charge in [0.15, 0.2) is 0 Å². The Morgan fingerprint density at radius 2 is 1.84 bits per heavy atom. The van der Waals surface area contributed by atoms with E-state index in [0.717, 1.165) is 40.5 Å². The first-order chi connectivity index (χ1) is 15.2. The normalized spacial score (nSPS) is 15.2. The molecule has 0 radical (unpaired) electrons. The largest absolute Gasteiger partial charge is 0.269 e. The van der Waals surface area contributed by atoms with Gasteiger partial charge in [-0.3, -0.25) is 10.1 Å². The molecule has 0 atom stereocenters. The number of nitro benzene ring substituents is 1. The molecule has 0 unspecified atom stereocenters. The molecule has 154 valence electrons. The molecule has 2 heterocycles. The van der Waals surface area contributed by atoms with Gasteiger partial charge in [-0.15, -0.1) is 16.4 Å². The van der Waals surface area contributed by atoms with Gasteiger partial charge in [0, 0.05) is 23.3 Å². The van der Waals surface area contributed by atoms with E-state index in [4.69, 9.17) is 5.10 Å². The average Bonchev–Trinajstić information content (AvgIpc) is 3.47. The second-order valence-electron chi connectivity index (χ2n) is 7.01. The number of nitrogens with zero attached hydrogens (tertiary/aromatic N) is 5. The van der Waals surface area contributed by atoms with Crippen LogP contribution in [0.2, 0.25) is 0 Å². The summed E-state index contributed by atoms with van der Waals surface area (Å²) in [7, 11) is 0. The number of thiophene rings is 1. The van der Waals surface area contributed by atoms with Gasteiger partial charge in [-0.1, -0.05) is 35.6 Å². The topological polar surface area (TPSA) is 85.7 Å². The number of fused-ring (bicyclic) bond motifs is 1. The van der Waals surface area contributed by atoms with Crippen molar-refractivity contribution in [2.24, 2.45) is 10.2 Å². The van der Waals surface area contributed by atoms with Crippen LogP contribution in [0, 0.1) is 10.1 Å². The molecule has 0 bridgehead atoms. The highest BCUT2D eigenvalue weighted by Crippen LogP contribution is 2.25. The van der Waals surface area contributed by atoms with E-state index in [0.29, 0.717) is 4.80 Å². The van der Waals surface area contributed by atoms with Crippen LogP contribution in [-0.2, 0) is 6.42 Å². The van der Waals surface area contributed by atoms with Crippen molar-refractivity contribution < 1.29 is 4.92 Å². The first-order valence-electron chi connectivity index (χ1n) is 9.77. The first-order valence-corrected chi connectivity index (χ1v) is 11.5. The van der Waals surface area contributed by atoms with Gasteiger partial charge in [0.1, 0.15) is 10.0 Å². The molecule has 1 aliphatic rings. The number of aryl methyl sites for hydroxylation is 1. The maximum absolute atomic E-state index is 10.9. The molecule has 0 amide bonds. The van der Waals surface area contributed by atoms with Crippen molar-refractivity contribution in [1.82, 2.24) is 9.78 Å². The smallest absolute Gasteiger partial charge is 0.258 e. The maximum Gasteiger partial charge on any atom is 0.269 e. The summed E-state index contributed by atoms with van der Waals surface area (Å²) in [5.41, 5.74) is 4.33. The Bertz CT molecular complexity index is 1330. The predicted molar refractivity (Wildman–Crippen MR) is 123 cm³/mol. The Morgan fingerprint density at radius 3 is 2.61 bits per heavy atom. The van der Waals surface area contributed by atoms with Crippen molar-refractivity contribution in [3.05, 3.63) is 92.1 Å². The highest BCUT2D eigenvalue weighted by molar-refractivity contribution is 7.13. The number of benzene rings is 2. The van der Waals surface area contributed by atoms with Gasteiger partial charge in [0.2, 0.25) is 4.80 Å². The first kappa shape index (κ1) is 19.5. The Kier molecular flexibility index (Phi) is 5.27. The molecule has 2 aromatic heterocycles. The summed E-state index contributed by atoms with van der Waals surface area (Å²) >= 11 is 2.97. The van der Waals surface area contributed by atoms with Gasteiger partial charge in [-0.25, -0.2) is 0 Å². The summed E-state index contributed by atoms with van der Waals surface area (Å²) in [4.78, 5) is 11.2. The van der Waals surface area contributed by atoms with Gasteiger partial charge < -0.3 is 0 Å². The average molecular weight is 448 g/mol. The molecule has 31 heavy (non-hydrogen) atoms. The minimum absolute atomic E-state index is 0.0544. The summed E-state index contributed by atoms with van der Waals surface area (Å²) in [5.74, 6) is 0. The van der Waals surface area contributed by atoms with Crippen LogP contribution >= 0.6 is 22.7 Å². The molecular formula is C22H17N5O2S2. The quantitative estimate of drug-likeness (QED) is 0.318.